The van der Waals surface area contributed by atoms with Crippen LogP contribution in [0.25, 0.3) is 0 Å². The van der Waals surface area contributed by atoms with Crippen LogP contribution in [-0.2, 0) is 16.4 Å². The van der Waals surface area contributed by atoms with Gasteiger partial charge >= 0.3 is 0 Å². The Kier molecular flexibility index (Phi) is 4.52. The predicted octanol–water partition coefficient (Wildman–Crippen LogP) is 3.10. The van der Waals surface area contributed by atoms with Gasteiger partial charge in [-0.2, -0.15) is 0 Å². The summed E-state index contributed by atoms with van der Waals surface area (Å²) in [6, 6.07) is 8.36. The molecule has 1 aromatic carbocycles. The summed E-state index contributed by atoms with van der Waals surface area (Å²) in [4.78, 5) is 0.204. The van der Waals surface area contributed by atoms with Crippen LogP contribution in [0.15, 0.2) is 45.9 Å². The van der Waals surface area contributed by atoms with E-state index in [9.17, 15) is 8.42 Å². The van der Waals surface area contributed by atoms with E-state index in [0.717, 1.165) is 11.3 Å². The van der Waals surface area contributed by atoms with E-state index in [1.807, 2.05) is 13.0 Å². The molecule has 20 heavy (non-hydrogen) atoms. The lowest BCUT2D eigenvalue weighted by atomic mass is 10.2. The minimum absolute atomic E-state index is 0.204. The quantitative estimate of drug-likeness (QED) is 0.852. The van der Waals surface area contributed by atoms with Crippen molar-refractivity contribution in [3.8, 4) is 0 Å². The van der Waals surface area contributed by atoms with Gasteiger partial charge in [0.05, 0.1) is 11.2 Å². The number of likely N-dealkylation sites (N-methyl/N-ethyl adjacent to an activating group) is 1. The molecular weight excluding hydrogens is 298 g/mol. The van der Waals surface area contributed by atoms with E-state index in [1.165, 1.54) is 10.4 Å². The maximum atomic E-state index is 12.4. The third-order valence-electron chi connectivity index (χ3n) is 3.10. The van der Waals surface area contributed by atoms with Crippen LogP contribution in [0.5, 0.6) is 0 Å². The molecule has 2 rings (SSSR count). The van der Waals surface area contributed by atoms with Crippen LogP contribution >= 0.6 is 11.6 Å². The van der Waals surface area contributed by atoms with Crippen molar-refractivity contribution in [2.24, 2.45) is 0 Å². The van der Waals surface area contributed by atoms with Crippen LogP contribution in [0.3, 0.4) is 0 Å². The summed E-state index contributed by atoms with van der Waals surface area (Å²) < 4.78 is 31.3. The Morgan fingerprint density at radius 1 is 1.30 bits per heavy atom. The molecule has 0 aliphatic heterocycles. The Hall–Kier alpha value is -1.30. The third-order valence-corrected chi connectivity index (χ3v) is 5.36. The topological polar surface area (TPSA) is 50.5 Å². The highest BCUT2D eigenvalue weighted by Crippen LogP contribution is 2.22. The first kappa shape index (κ1) is 15.1. The lowest BCUT2D eigenvalue weighted by Gasteiger charge is -2.17. The largest absolute Gasteiger partial charge is 0.469 e. The van der Waals surface area contributed by atoms with Crippen molar-refractivity contribution in [2.45, 2.75) is 18.2 Å². The van der Waals surface area contributed by atoms with Crippen LogP contribution in [0.1, 0.15) is 11.3 Å². The van der Waals surface area contributed by atoms with Crippen LogP contribution in [0, 0.1) is 6.92 Å². The van der Waals surface area contributed by atoms with Crippen molar-refractivity contribution >= 4 is 21.6 Å². The monoisotopic (exact) mass is 313 g/mol. The molecule has 0 radical (unpaired) electrons. The number of furan rings is 1. The first-order chi connectivity index (χ1) is 9.41. The molecule has 6 heteroatoms. The Labute approximate surface area is 124 Å². The number of nitrogens with zero attached hydrogens (tertiary/aromatic N) is 1. The minimum Gasteiger partial charge on any atom is -0.469 e. The van der Waals surface area contributed by atoms with Gasteiger partial charge in [-0.3, -0.25) is 0 Å². The molecule has 0 fully saturated rings. The number of rotatable bonds is 5. The van der Waals surface area contributed by atoms with Crippen molar-refractivity contribution in [1.82, 2.24) is 4.31 Å². The summed E-state index contributed by atoms with van der Waals surface area (Å²) in [6.07, 6.45) is 2.10. The van der Waals surface area contributed by atoms with Gasteiger partial charge in [-0.25, -0.2) is 12.7 Å². The summed E-state index contributed by atoms with van der Waals surface area (Å²) >= 11 is 5.98. The molecule has 0 N–H and O–H groups in total. The Bertz CT molecular complexity index is 680. The molecule has 0 saturated heterocycles. The average molecular weight is 314 g/mol. The van der Waals surface area contributed by atoms with Gasteiger partial charge in [0.15, 0.2) is 0 Å². The zero-order valence-corrected chi connectivity index (χ0v) is 12.9. The molecule has 0 unspecified atom stereocenters. The van der Waals surface area contributed by atoms with Crippen LogP contribution in [0.4, 0.5) is 0 Å². The summed E-state index contributed by atoms with van der Waals surface area (Å²) in [5.41, 5.74) is 0.851. The normalized spacial score (nSPS) is 12.0. The number of sulfonamides is 1. The molecule has 0 aliphatic carbocycles. The van der Waals surface area contributed by atoms with Crippen LogP contribution in [0.2, 0.25) is 5.02 Å². The van der Waals surface area contributed by atoms with E-state index in [4.69, 9.17) is 16.0 Å². The molecule has 0 bridgehead atoms. The fraction of sp³-hybridized carbons (Fsp3) is 0.286. The first-order valence-corrected chi connectivity index (χ1v) is 7.98. The standard InChI is InChI=1S/C14H16ClNO3S/c1-11-5-6-13(10-14(11)15)20(17,18)16(2)8-7-12-4-3-9-19-12/h3-6,9-10H,7-8H2,1-2H3. The molecule has 0 saturated carbocycles. The van der Waals surface area contributed by atoms with Crippen molar-refractivity contribution in [3.05, 3.63) is 52.9 Å². The predicted molar refractivity (Wildman–Crippen MR) is 78.4 cm³/mol. The fourth-order valence-electron chi connectivity index (χ4n) is 1.76. The molecular formula is C14H16ClNO3S. The van der Waals surface area contributed by atoms with E-state index in [2.05, 4.69) is 0 Å². The van der Waals surface area contributed by atoms with Gasteiger partial charge in [0.2, 0.25) is 10.0 Å². The second-order valence-electron chi connectivity index (χ2n) is 4.57. The van der Waals surface area contributed by atoms with Crippen molar-refractivity contribution in [2.75, 3.05) is 13.6 Å². The Balaban J connectivity index is 2.14. The lowest BCUT2D eigenvalue weighted by Crippen LogP contribution is -2.29. The molecule has 0 atom stereocenters. The van der Waals surface area contributed by atoms with Gasteiger partial charge in [-0.15, -0.1) is 0 Å². The second-order valence-corrected chi connectivity index (χ2v) is 7.02. The molecule has 0 aliphatic rings. The fourth-order valence-corrected chi connectivity index (χ4v) is 3.20. The zero-order chi connectivity index (χ0) is 14.8. The second kappa shape index (κ2) is 5.99. The van der Waals surface area contributed by atoms with E-state index in [0.29, 0.717) is 18.0 Å². The molecule has 1 heterocycles. The van der Waals surface area contributed by atoms with Gasteiger partial charge in [0.1, 0.15) is 5.76 Å². The van der Waals surface area contributed by atoms with Crippen molar-refractivity contribution < 1.29 is 12.8 Å². The molecule has 108 valence electrons. The molecule has 2 aromatic rings. The number of benzene rings is 1. The molecule has 0 spiro atoms. The van der Waals surface area contributed by atoms with Gasteiger partial charge in [-0.1, -0.05) is 17.7 Å². The highest BCUT2D eigenvalue weighted by Gasteiger charge is 2.21. The zero-order valence-electron chi connectivity index (χ0n) is 11.3. The minimum atomic E-state index is -3.52. The third kappa shape index (κ3) is 3.23. The van der Waals surface area contributed by atoms with Crippen LogP contribution in [-0.4, -0.2) is 26.3 Å². The summed E-state index contributed by atoms with van der Waals surface area (Å²) in [5, 5.41) is 0.450. The molecule has 1 aromatic heterocycles. The molecule has 0 amide bonds. The van der Waals surface area contributed by atoms with Crippen LogP contribution < -0.4 is 0 Å². The summed E-state index contributed by atoms with van der Waals surface area (Å²) in [6.45, 7) is 2.18. The lowest BCUT2D eigenvalue weighted by molar-refractivity contribution is 0.441. The highest BCUT2D eigenvalue weighted by atomic mass is 35.5. The Morgan fingerprint density at radius 3 is 2.65 bits per heavy atom. The molecule has 4 nitrogen and oxygen atoms in total. The maximum Gasteiger partial charge on any atom is 0.242 e. The van der Waals surface area contributed by atoms with Gasteiger partial charge in [0.25, 0.3) is 0 Å². The van der Waals surface area contributed by atoms with Gasteiger partial charge in [0, 0.05) is 25.0 Å². The maximum absolute atomic E-state index is 12.4. The van der Waals surface area contributed by atoms with E-state index >= 15 is 0 Å². The summed E-state index contributed by atoms with van der Waals surface area (Å²) in [7, 11) is -1.98. The van der Waals surface area contributed by atoms with Gasteiger partial charge < -0.3 is 4.42 Å². The average Bonchev–Trinajstić information content (AvgIpc) is 2.92. The SMILES string of the molecule is Cc1ccc(S(=O)(=O)N(C)CCc2ccco2)cc1Cl. The van der Waals surface area contributed by atoms with E-state index in [-0.39, 0.29) is 4.90 Å². The van der Waals surface area contributed by atoms with Crippen molar-refractivity contribution in [3.63, 3.8) is 0 Å². The number of aryl methyl sites for hydroxylation is 1. The Morgan fingerprint density at radius 2 is 2.05 bits per heavy atom. The first-order valence-electron chi connectivity index (χ1n) is 6.16. The number of hydrogen-bond donors (Lipinski definition) is 0. The summed E-state index contributed by atoms with van der Waals surface area (Å²) in [5.74, 6) is 0.758. The van der Waals surface area contributed by atoms with E-state index < -0.39 is 10.0 Å². The number of hydrogen-bond acceptors (Lipinski definition) is 3. The number of halogens is 1. The van der Waals surface area contributed by atoms with Crippen molar-refractivity contribution in [1.29, 1.82) is 0 Å². The van der Waals surface area contributed by atoms with Gasteiger partial charge in [-0.05, 0) is 36.8 Å². The smallest absolute Gasteiger partial charge is 0.242 e. The van der Waals surface area contributed by atoms with E-state index in [1.54, 1.807) is 31.5 Å². The highest BCUT2D eigenvalue weighted by molar-refractivity contribution is 7.89.